The number of amides is 2. The van der Waals surface area contributed by atoms with Crippen molar-refractivity contribution in [2.24, 2.45) is 7.05 Å². The van der Waals surface area contributed by atoms with Gasteiger partial charge in [0.1, 0.15) is 11.4 Å². The van der Waals surface area contributed by atoms with Crippen molar-refractivity contribution in [3.63, 3.8) is 0 Å². The second-order valence-electron chi connectivity index (χ2n) is 7.87. The molecule has 0 saturated carbocycles. The smallest absolute Gasteiger partial charge is 0.291 e. The van der Waals surface area contributed by atoms with Gasteiger partial charge in [-0.1, -0.05) is 35.9 Å². The summed E-state index contributed by atoms with van der Waals surface area (Å²) in [6, 6.07) is 13.5. The summed E-state index contributed by atoms with van der Waals surface area (Å²) in [4.78, 5) is 55.2. The number of nitrogens with zero attached hydrogens (tertiary/aromatic N) is 3. The number of pyridine rings is 1. The van der Waals surface area contributed by atoms with E-state index in [2.05, 4.69) is 20.6 Å². The number of halogens is 1. The number of imidazole rings is 1. The van der Waals surface area contributed by atoms with Gasteiger partial charge in [-0.25, -0.2) is 4.98 Å². The van der Waals surface area contributed by atoms with Gasteiger partial charge in [0.25, 0.3) is 11.8 Å². The first-order valence-corrected chi connectivity index (χ1v) is 11.1. The van der Waals surface area contributed by atoms with Crippen LogP contribution in [0.25, 0.3) is 11.1 Å². The van der Waals surface area contributed by atoms with Crippen molar-refractivity contribution in [1.29, 1.82) is 0 Å². The number of carbonyl (C=O) groups is 4. The van der Waals surface area contributed by atoms with Crippen LogP contribution >= 0.6 is 11.6 Å². The molecule has 2 aromatic carbocycles. The van der Waals surface area contributed by atoms with Crippen LogP contribution in [0.15, 0.2) is 60.9 Å². The molecular weight excluding hydrogens is 482 g/mol. The Bertz CT molecular complexity index is 1490. The summed E-state index contributed by atoms with van der Waals surface area (Å²) in [6.45, 7) is 1.83. The fourth-order valence-electron chi connectivity index (χ4n) is 3.63. The molecule has 0 radical (unpaired) electrons. The lowest BCUT2D eigenvalue weighted by Gasteiger charge is -2.15. The third kappa shape index (κ3) is 4.91. The zero-order chi connectivity index (χ0) is 25.8. The second kappa shape index (κ2) is 10.3. The maximum Gasteiger partial charge on any atom is 0.291 e. The van der Waals surface area contributed by atoms with Crippen LogP contribution in [-0.2, 0) is 7.05 Å². The molecule has 2 heterocycles. The van der Waals surface area contributed by atoms with Gasteiger partial charge in [0.15, 0.2) is 18.4 Å². The van der Waals surface area contributed by atoms with Crippen molar-refractivity contribution in [2.45, 2.75) is 6.92 Å². The van der Waals surface area contributed by atoms with Crippen LogP contribution in [0.3, 0.4) is 0 Å². The van der Waals surface area contributed by atoms with Crippen LogP contribution < -0.4 is 10.6 Å². The minimum Gasteiger partial charge on any atom is -0.329 e. The van der Waals surface area contributed by atoms with E-state index < -0.39 is 11.8 Å². The molecular formula is C26H20ClN5O4. The van der Waals surface area contributed by atoms with E-state index in [0.717, 1.165) is 11.1 Å². The molecule has 2 aromatic heterocycles. The van der Waals surface area contributed by atoms with Gasteiger partial charge in [0.2, 0.25) is 0 Å². The third-order valence-corrected chi connectivity index (χ3v) is 5.90. The molecule has 0 aliphatic carbocycles. The number of aromatic nitrogens is 3. The largest absolute Gasteiger partial charge is 0.329 e. The maximum absolute atomic E-state index is 12.8. The Morgan fingerprint density at radius 2 is 1.61 bits per heavy atom. The highest BCUT2D eigenvalue weighted by Gasteiger charge is 2.18. The first-order chi connectivity index (χ1) is 17.3. The van der Waals surface area contributed by atoms with Crippen LogP contribution in [0, 0.1) is 6.92 Å². The number of hydrogen-bond donors (Lipinski definition) is 2. The minimum atomic E-state index is -0.478. The Kier molecular flexibility index (Phi) is 7.03. The molecule has 180 valence electrons. The predicted molar refractivity (Wildman–Crippen MR) is 136 cm³/mol. The van der Waals surface area contributed by atoms with Crippen molar-refractivity contribution in [1.82, 2.24) is 14.5 Å². The van der Waals surface area contributed by atoms with Gasteiger partial charge in [-0.2, -0.15) is 0 Å². The molecule has 4 aromatic rings. The van der Waals surface area contributed by atoms with Crippen molar-refractivity contribution in [3.8, 4) is 11.1 Å². The molecule has 0 unspecified atom stereocenters. The molecule has 0 bridgehead atoms. The Labute approximate surface area is 211 Å². The SMILES string of the molecule is Cc1c(NC(=O)c2nc(C=O)cn2C)cccc1-c1cccc(NC(=O)c2ccc(C=O)cn2)c1Cl. The summed E-state index contributed by atoms with van der Waals surface area (Å²) >= 11 is 6.67. The molecule has 9 nitrogen and oxygen atoms in total. The number of carbonyl (C=O) groups excluding carboxylic acids is 4. The average molecular weight is 502 g/mol. The Hall–Kier alpha value is -4.63. The maximum atomic E-state index is 12.8. The Morgan fingerprint density at radius 1 is 0.917 bits per heavy atom. The van der Waals surface area contributed by atoms with E-state index in [0.29, 0.717) is 40.1 Å². The first kappa shape index (κ1) is 24.5. The standard InChI is InChI=1S/C26H20ClN5O4/c1-15-18(5-3-7-20(15)30-26(36)24-29-17(14-34)12-32(24)2)19-6-4-8-21(23(19)27)31-25(35)22-10-9-16(13-33)11-28-22/h3-14H,1-2H3,(H,30,36)(H,31,35). The lowest BCUT2D eigenvalue weighted by atomic mass is 9.98. The first-order valence-electron chi connectivity index (χ1n) is 10.7. The molecule has 10 heteroatoms. The van der Waals surface area contributed by atoms with Crippen molar-refractivity contribution in [3.05, 3.63) is 94.3 Å². The van der Waals surface area contributed by atoms with Crippen molar-refractivity contribution in [2.75, 3.05) is 10.6 Å². The number of aldehydes is 2. The second-order valence-corrected chi connectivity index (χ2v) is 8.24. The van der Waals surface area contributed by atoms with Gasteiger partial charge in [-0.3, -0.25) is 24.2 Å². The molecule has 0 saturated heterocycles. The zero-order valence-corrected chi connectivity index (χ0v) is 20.0. The van der Waals surface area contributed by atoms with Crippen LogP contribution in [0.5, 0.6) is 0 Å². The molecule has 0 aliphatic rings. The summed E-state index contributed by atoms with van der Waals surface area (Å²) in [5.74, 6) is -0.848. The average Bonchev–Trinajstić information content (AvgIpc) is 3.27. The van der Waals surface area contributed by atoms with Gasteiger partial charge in [-0.05, 0) is 42.3 Å². The number of anilines is 2. The quantitative estimate of drug-likeness (QED) is 0.357. The minimum absolute atomic E-state index is 0.0967. The fraction of sp³-hybridized carbons (Fsp3) is 0.0769. The van der Waals surface area contributed by atoms with E-state index in [1.807, 2.05) is 13.0 Å². The molecule has 2 N–H and O–H groups in total. The number of benzene rings is 2. The van der Waals surface area contributed by atoms with Gasteiger partial charge >= 0.3 is 0 Å². The lowest BCUT2D eigenvalue weighted by Crippen LogP contribution is -2.17. The molecule has 0 fully saturated rings. The normalized spacial score (nSPS) is 10.5. The summed E-state index contributed by atoms with van der Waals surface area (Å²) in [5, 5.41) is 5.88. The summed E-state index contributed by atoms with van der Waals surface area (Å²) in [7, 11) is 1.63. The van der Waals surface area contributed by atoms with E-state index in [4.69, 9.17) is 11.6 Å². The number of rotatable bonds is 7. The number of nitrogens with one attached hydrogen (secondary N) is 2. The van der Waals surface area contributed by atoms with E-state index in [1.165, 1.54) is 29.1 Å². The molecule has 36 heavy (non-hydrogen) atoms. The van der Waals surface area contributed by atoms with E-state index in [-0.39, 0.29) is 17.2 Å². The highest BCUT2D eigenvalue weighted by atomic mass is 35.5. The fourth-order valence-corrected chi connectivity index (χ4v) is 3.91. The molecule has 2 amide bonds. The Morgan fingerprint density at radius 3 is 2.25 bits per heavy atom. The van der Waals surface area contributed by atoms with E-state index >= 15 is 0 Å². The van der Waals surface area contributed by atoms with Crippen molar-refractivity contribution >= 4 is 47.4 Å². The molecule has 0 spiro atoms. The summed E-state index contributed by atoms with van der Waals surface area (Å²) in [6.07, 6.45) is 4.00. The summed E-state index contributed by atoms with van der Waals surface area (Å²) in [5.41, 5.74) is 3.71. The van der Waals surface area contributed by atoms with Gasteiger partial charge in [0, 0.05) is 36.3 Å². The van der Waals surface area contributed by atoms with E-state index in [9.17, 15) is 19.2 Å². The molecule has 0 aliphatic heterocycles. The van der Waals surface area contributed by atoms with E-state index in [1.54, 1.807) is 37.4 Å². The lowest BCUT2D eigenvalue weighted by molar-refractivity contribution is 0.100. The molecule has 4 rings (SSSR count). The topological polar surface area (TPSA) is 123 Å². The highest BCUT2D eigenvalue weighted by Crippen LogP contribution is 2.37. The third-order valence-electron chi connectivity index (χ3n) is 5.49. The monoisotopic (exact) mass is 501 g/mol. The highest BCUT2D eigenvalue weighted by molar-refractivity contribution is 6.36. The van der Waals surface area contributed by atoms with Crippen LogP contribution in [0.4, 0.5) is 11.4 Å². The van der Waals surface area contributed by atoms with Gasteiger partial charge < -0.3 is 15.2 Å². The Balaban J connectivity index is 1.61. The number of aryl methyl sites for hydroxylation is 1. The van der Waals surface area contributed by atoms with Crippen LogP contribution in [-0.4, -0.2) is 38.9 Å². The van der Waals surface area contributed by atoms with Crippen LogP contribution in [0.2, 0.25) is 5.02 Å². The van der Waals surface area contributed by atoms with Crippen molar-refractivity contribution < 1.29 is 19.2 Å². The van der Waals surface area contributed by atoms with Crippen LogP contribution in [0.1, 0.15) is 47.5 Å². The van der Waals surface area contributed by atoms with Gasteiger partial charge in [0.05, 0.1) is 10.7 Å². The van der Waals surface area contributed by atoms with Gasteiger partial charge in [-0.15, -0.1) is 0 Å². The predicted octanol–water partition coefficient (Wildman–Crippen LogP) is 4.57. The zero-order valence-electron chi connectivity index (χ0n) is 19.3. The summed E-state index contributed by atoms with van der Waals surface area (Å²) < 4.78 is 1.47. The molecule has 0 atom stereocenters. The number of hydrogen-bond acceptors (Lipinski definition) is 6.